The molecule has 0 atom stereocenters. The third kappa shape index (κ3) is 4.43. The maximum Gasteiger partial charge on any atom is 0.276 e. The van der Waals surface area contributed by atoms with E-state index < -0.39 is 10.2 Å². The van der Waals surface area contributed by atoms with Crippen molar-refractivity contribution >= 4 is 33.1 Å². The Morgan fingerprint density at radius 3 is 2.44 bits per heavy atom. The van der Waals surface area contributed by atoms with Crippen molar-refractivity contribution in [1.29, 1.82) is 0 Å². The molecule has 1 fully saturated rings. The number of aryl methyl sites for hydroxylation is 1. The first-order valence-corrected chi connectivity index (χ1v) is 10.3. The summed E-state index contributed by atoms with van der Waals surface area (Å²) in [5, 5.41) is 11.0. The zero-order valence-electron chi connectivity index (χ0n) is 13.8. The Morgan fingerprint density at radius 2 is 1.92 bits per heavy atom. The Hall–Kier alpha value is -1.81. The van der Waals surface area contributed by atoms with Crippen LogP contribution in [0.1, 0.15) is 17.8 Å². The van der Waals surface area contributed by atoms with Gasteiger partial charge in [-0.1, -0.05) is 12.1 Å². The highest BCUT2D eigenvalue weighted by Crippen LogP contribution is 2.24. The summed E-state index contributed by atoms with van der Waals surface area (Å²) in [5.41, 5.74) is 2.65. The maximum atomic E-state index is 12.4. The third-order valence-electron chi connectivity index (χ3n) is 4.25. The van der Waals surface area contributed by atoms with Crippen molar-refractivity contribution in [3.63, 3.8) is 0 Å². The first kappa shape index (κ1) is 18.0. The smallest absolute Gasteiger partial charge is 0.276 e. The Morgan fingerprint density at radius 1 is 1.28 bits per heavy atom. The third-order valence-corrected chi connectivity index (χ3v) is 6.11. The van der Waals surface area contributed by atoms with Gasteiger partial charge < -0.3 is 5.32 Å². The van der Waals surface area contributed by atoms with Crippen molar-refractivity contribution in [2.24, 2.45) is 11.1 Å². The lowest BCUT2D eigenvalue weighted by molar-refractivity contribution is -0.120. The van der Waals surface area contributed by atoms with Crippen molar-refractivity contribution in [2.45, 2.75) is 19.8 Å². The largest absolute Gasteiger partial charge is 0.326 e. The highest BCUT2D eigenvalue weighted by atomic mass is 32.2. The maximum absolute atomic E-state index is 12.4. The number of hydrogen-bond acceptors (Lipinski definition) is 5. The van der Waals surface area contributed by atoms with Gasteiger partial charge in [0.1, 0.15) is 0 Å². The van der Waals surface area contributed by atoms with Gasteiger partial charge in [-0.15, -0.1) is 11.3 Å². The molecule has 0 radical (unpaired) electrons. The van der Waals surface area contributed by atoms with E-state index in [1.165, 1.54) is 4.31 Å². The molecule has 0 unspecified atom stereocenters. The van der Waals surface area contributed by atoms with Crippen molar-refractivity contribution in [1.82, 2.24) is 9.29 Å². The molecule has 2 heterocycles. The second kappa shape index (κ2) is 7.20. The molecule has 134 valence electrons. The Bertz CT molecular complexity index is 854. The summed E-state index contributed by atoms with van der Waals surface area (Å²) in [4.78, 5) is 16.8. The number of carbonyl (C=O) groups is 1. The lowest BCUT2D eigenvalue weighted by Gasteiger charge is -2.29. The van der Waals surface area contributed by atoms with E-state index in [2.05, 4.69) is 10.3 Å². The fourth-order valence-corrected chi connectivity index (χ4v) is 4.18. The number of nitrogens with two attached hydrogens (primary N) is 1. The molecule has 1 aliphatic rings. The van der Waals surface area contributed by atoms with Crippen molar-refractivity contribution in [3.8, 4) is 11.3 Å². The molecule has 9 heteroatoms. The van der Waals surface area contributed by atoms with Crippen LogP contribution in [0.5, 0.6) is 0 Å². The normalized spacial score (nSPS) is 16.7. The zero-order chi connectivity index (χ0) is 18.0. The van der Waals surface area contributed by atoms with Gasteiger partial charge in [0.25, 0.3) is 10.2 Å². The number of carbonyl (C=O) groups excluding carboxylic acids is 1. The predicted molar refractivity (Wildman–Crippen MR) is 98.3 cm³/mol. The number of amides is 1. The standard InChI is InChI=1S/C16H20N4O3S2/c1-11-18-15(10-24-11)12-2-4-14(5-3-12)19-16(21)13-6-8-20(9-7-13)25(17,22)23/h2-5,10,13H,6-9H2,1H3,(H,19,21)(H2,17,22,23). The molecule has 2 aromatic rings. The van der Waals surface area contributed by atoms with Gasteiger partial charge in [0, 0.05) is 35.6 Å². The molecule has 1 amide bonds. The minimum atomic E-state index is -3.67. The van der Waals surface area contributed by atoms with Crippen LogP contribution < -0.4 is 10.5 Å². The molecule has 3 N–H and O–H groups in total. The lowest BCUT2D eigenvalue weighted by Crippen LogP contribution is -2.44. The first-order chi connectivity index (χ1) is 11.8. The fraction of sp³-hybridized carbons (Fsp3) is 0.375. The molecule has 3 rings (SSSR count). The van der Waals surface area contributed by atoms with Crippen LogP contribution in [0.4, 0.5) is 5.69 Å². The SMILES string of the molecule is Cc1nc(-c2ccc(NC(=O)C3CCN(S(N)(=O)=O)CC3)cc2)cs1. The van der Waals surface area contributed by atoms with Crippen molar-refractivity contribution in [2.75, 3.05) is 18.4 Å². The number of anilines is 1. The fourth-order valence-electron chi connectivity index (χ4n) is 2.84. The van der Waals surface area contributed by atoms with Crippen LogP contribution >= 0.6 is 11.3 Å². The summed E-state index contributed by atoms with van der Waals surface area (Å²) in [6.07, 6.45) is 0.941. The van der Waals surface area contributed by atoms with E-state index in [-0.39, 0.29) is 24.9 Å². The molecular formula is C16H20N4O3S2. The van der Waals surface area contributed by atoms with Crippen molar-refractivity contribution < 1.29 is 13.2 Å². The van der Waals surface area contributed by atoms with E-state index >= 15 is 0 Å². The minimum Gasteiger partial charge on any atom is -0.326 e. The molecule has 1 saturated heterocycles. The van der Waals surface area contributed by atoms with Gasteiger partial charge >= 0.3 is 0 Å². The summed E-state index contributed by atoms with van der Waals surface area (Å²) in [6.45, 7) is 2.52. The van der Waals surface area contributed by atoms with E-state index in [0.717, 1.165) is 22.0 Å². The molecule has 0 aliphatic carbocycles. The average molecular weight is 380 g/mol. The van der Waals surface area contributed by atoms with E-state index in [4.69, 9.17) is 5.14 Å². The Balaban J connectivity index is 1.58. The Kier molecular flexibility index (Phi) is 5.19. The molecular weight excluding hydrogens is 360 g/mol. The molecule has 1 aliphatic heterocycles. The van der Waals surface area contributed by atoms with Gasteiger partial charge in [-0.2, -0.15) is 12.7 Å². The highest BCUT2D eigenvalue weighted by molar-refractivity contribution is 7.86. The molecule has 0 saturated carbocycles. The van der Waals surface area contributed by atoms with Crippen LogP contribution in [0.15, 0.2) is 29.6 Å². The number of nitrogens with one attached hydrogen (secondary N) is 1. The molecule has 7 nitrogen and oxygen atoms in total. The second-order valence-corrected chi connectivity index (χ2v) is 8.65. The van der Waals surface area contributed by atoms with E-state index in [0.29, 0.717) is 12.8 Å². The van der Waals surface area contributed by atoms with Gasteiger partial charge in [0.15, 0.2) is 0 Å². The van der Waals surface area contributed by atoms with Crippen LogP contribution in [0.3, 0.4) is 0 Å². The molecule has 0 spiro atoms. The van der Waals surface area contributed by atoms with Crippen molar-refractivity contribution in [3.05, 3.63) is 34.7 Å². The topological polar surface area (TPSA) is 105 Å². The highest BCUT2D eigenvalue weighted by Gasteiger charge is 2.29. The summed E-state index contributed by atoms with van der Waals surface area (Å²) in [7, 11) is -3.67. The zero-order valence-corrected chi connectivity index (χ0v) is 15.4. The molecule has 25 heavy (non-hydrogen) atoms. The molecule has 1 aromatic heterocycles. The van der Waals surface area contributed by atoms with Gasteiger partial charge in [0.05, 0.1) is 10.7 Å². The van der Waals surface area contributed by atoms with E-state index in [1.54, 1.807) is 11.3 Å². The number of thiazole rings is 1. The van der Waals surface area contributed by atoms with Crippen LogP contribution in [-0.2, 0) is 15.0 Å². The number of piperidine rings is 1. The Labute approximate surface area is 151 Å². The molecule has 1 aromatic carbocycles. The summed E-state index contributed by atoms with van der Waals surface area (Å²) < 4.78 is 23.8. The summed E-state index contributed by atoms with van der Waals surface area (Å²) in [5.74, 6) is -0.301. The number of benzene rings is 1. The van der Waals surface area contributed by atoms with E-state index in [1.807, 2.05) is 36.6 Å². The predicted octanol–water partition coefficient (Wildman–Crippen LogP) is 1.97. The van der Waals surface area contributed by atoms with Crippen LogP contribution in [0.2, 0.25) is 0 Å². The quantitative estimate of drug-likeness (QED) is 0.846. The van der Waals surface area contributed by atoms with Crippen LogP contribution in [-0.4, -0.2) is 36.7 Å². The summed E-state index contributed by atoms with van der Waals surface area (Å²) in [6, 6.07) is 7.55. The summed E-state index contributed by atoms with van der Waals surface area (Å²) >= 11 is 1.60. The van der Waals surface area contributed by atoms with Gasteiger partial charge in [-0.3, -0.25) is 4.79 Å². The van der Waals surface area contributed by atoms with Gasteiger partial charge in [-0.25, -0.2) is 10.1 Å². The lowest BCUT2D eigenvalue weighted by atomic mass is 9.97. The van der Waals surface area contributed by atoms with Crippen LogP contribution in [0.25, 0.3) is 11.3 Å². The number of aromatic nitrogens is 1. The molecule has 0 bridgehead atoms. The van der Waals surface area contributed by atoms with Gasteiger partial charge in [0.2, 0.25) is 5.91 Å². The van der Waals surface area contributed by atoms with Crippen LogP contribution in [0, 0.1) is 12.8 Å². The average Bonchev–Trinajstić information content (AvgIpc) is 3.01. The number of hydrogen-bond donors (Lipinski definition) is 2. The number of rotatable bonds is 4. The second-order valence-electron chi connectivity index (χ2n) is 6.04. The van der Waals surface area contributed by atoms with E-state index in [9.17, 15) is 13.2 Å². The minimum absolute atomic E-state index is 0.0914. The monoisotopic (exact) mass is 380 g/mol. The first-order valence-electron chi connectivity index (χ1n) is 7.94. The van der Waals surface area contributed by atoms with Gasteiger partial charge in [-0.05, 0) is 31.9 Å². The number of nitrogens with zero attached hydrogens (tertiary/aromatic N) is 2.